The minimum absolute atomic E-state index is 0.0407. The maximum atomic E-state index is 13.4. The molecule has 0 radical (unpaired) electrons. The fourth-order valence-electron chi connectivity index (χ4n) is 7.68. The van der Waals surface area contributed by atoms with Crippen molar-refractivity contribution in [3.8, 4) is 0 Å². The van der Waals surface area contributed by atoms with Gasteiger partial charge >= 0.3 is 13.8 Å². The Bertz CT molecular complexity index is 1200. The quantitative estimate of drug-likeness (QED) is 0.0206. The lowest BCUT2D eigenvalue weighted by molar-refractivity contribution is -0.870. The number of nitrogens with zero attached hydrogens (tertiary/aromatic N) is 1. The number of esters is 1. The van der Waals surface area contributed by atoms with Gasteiger partial charge in [0.05, 0.1) is 33.8 Å². The molecule has 376 valence electrons. The first-order valence-electron chi connectivity index (χ1n) is 26.8. The number of carbonyl (C=O) groups excluding carboxylic acids is 2. The largest absolute Gasteiger partial charge is 0.472 e. The van der Waals surface area contributed by atoms with Crippen molar-refractivity contribution in [2.24, 2.45) is 0 Å². The molecule has 0 heterocycles. The number of likely N-dealkylation sites (N-methyl/N-ethyl adjacent to an activating group) is 1. The summed E-state index contributed by atoms with van der Waals surface area (Å²) >= 11 is 0. The highest BCUT2D eigenvalue weighted by Crippen LogP contribution is 2.43. The Labute approximate surface area is 396 Å². The van der Waals surface area contributed by atoms with Gasteiger partial charge in [-0.05, 0) is 57.4 Å². The maximum Gasteiger partial charge on any atom is 0.472 e. The summed E-state index contributed by atoms with van der Waals surface area (Å²) in [4.78, 5) is 37.4. The van der Waals surface area contributed by atoms with Crippen LogP contribution in [0.15, 0.2) is 36.5 Å². The van der Waals surface area contributed by atoms with Gasteiger partial charge in [0.15, 0.2) is 0 Å². The van der Waals surface area contributed by atoms with Crippen LogP contribution >= 0.6 is 7.82 Å². The van der Waals surface area contributed by atoms with Gasteiger partial charge in [0.1, 0.15) is 19.3 Å². The van der Waals surface area contributed by atoms with Crippen LogP contribution in [0.1, 0.15) is 245 Å². The summed E-state index contributed by atoms with van der Waals surface area (Å²) in [5.41, 5.74) is 0. The zero-order valence-corrected chi connectivity index (χ0v) is 43.7. The Kier molecular flexibility index (Phi) is 43.8. The summed E-state index contributed by atoms with van der Waals surface area (Å²) in [6, 6.07) is -0.845. The van der Waals surface area contributed by atoms with Crippen molar-refractivity contribution < 1.29 is 37.3 Å². The number of quaternary nitrogens is 1. The third-order valence-corrected chi connectivity index (χ3v) is 12.8. The smallest absolute Gasteiger partial charge is 0.456 e. The highest BCUT2D eigenvalue weighted by Gasteiger charge is 2.30. The van der Waals surface area contributed by atoms with E-state index in [0.29, 0.717) is 17.4 Å². The number of allylic oxidation sites excluding steroid dienone is 5. The molecule has 0 rings (SSSR count). The van der Waals surface area contributed by atoms with Gasteiger partial charge in [-0.25, -0.2) is 4.57 Å². The molecule has 0 aliphatic carbocycles. The molecule has 0 fully saturated rings. The number of hydrogen-bond donors (Lipinski definition) is 2. The Balaban J connectivity index is 5.42. The molecule has 9 nitrogen and oxygen atoms in total. The number of nitrogens with one attached hydrogen (secondary N) is 1. The van der Waals surface area contributed by atoms with Crippen molar-refractivity contribution >= 4 is 19.7 Å². The number of unbranched alkanes of at least 4 members (excludes halogenated alkanes) is 28. The van der Waals surface area contributed by atoms with Crippen molar-refractivity contribution in [2.45, 2.75) is 258 Å². The van der Waals surface area contributed by atoms with E-state index >= 15 is 0 Å². The van der Waals surface area contributed by atoms with Crippen molar-refractivity contribution in [2.75, 3.05) is 40.9 Å². The second-order valence-corrected chi connectivity index (χ2v) is 20.8. The van der Waals surface area contributed by atoms with Crippen LogP contribution in [-0.4, -0.2) is 74.3 Å². The second kappa shape index (κ2) is 45.0. The number of rotatable bonds is 48. The van der Waals surface area contributed by atoms with Crippen molar-refractivity contribution in [3.05, 3.63) is 36.5 Å². The van der Waals surface area contributed by atoms with E-state index in [2.05, 4.69) is 50.4 Å². The first-order chi connectivity index (χ1) is 30.9. The molecule has 64 heavy (non-hydrogen) atoms. The summed E-state index contributed by atoms with van der Waals surface area (Å²) in [6.45, 7) is 6.90. The van der Waals surface area contributed by atoms with Crippen LogP contribution in [0, 0.1) is 0 Å². The standard InChI is InChI=1S/C54H103N2O7P/c1-7-10-13-16-19-22-25-27-29-32-35-38-41-44-47-54(58)63-52(45-42-39-36-33-31-28-26-23-20-17-14-11-8-2)51(50-62-64(59,60)61-49-48-56(4,5)6)55-53(57)46-43-40-37-34-30-24-21-18-15-12-9-3/h10,13,19,22,42,45,51-52H,7-9,11-12,14-18,20-21,23-41,43-44,46-50H2,1-6H3,(H-,55,57,59,60)/p+1/b13-10+,22-19+,45-42+. The van der Waals surface area contributed by atoms with Gasteiger partial charge in [0.25, 0.3) is 0 Å². The third-order valence-electron chi connectivity index (χ3n) is 11.8. The molecule has 0 aliphatic rings. The van der Waals surface area contributed by atoms with E-state index in [1.54, 1.807) is 0 Å². The number of amides is 1. The van der Waals surface area contributed by atoms with Gasteiger partial charge in [-0.2, -0.15) is 0 Å². The molecule has 1 amide bonds. The second-order valence-electron chi connectivity index (χ2n) is 19.4. The highest BCUT2D eigenvalue weighted by molar-refractivity contribution is 7.47. The molecule has 0 aliphatic heterocycles. The Morgan fingerprint density at radius 1 is 0.562 bits per heavy atom. The van der Waals surface area contributed by atoms with Gasteiger partial charge in [0.2, 0.25) is 5.91 Å². The van der Waals surface area contributed by atoms with E-state index in [-0.39, 0.29) is 31.5 Å². The third kappa shape index (κ3) is 45.4. The van der Waals surface area contributed by atoms with Gasteiger partial charge in [-0.15, -0.1) is 0 Å². The van der Waals surface area contributed by atoms with Gasteiger partial charge in [0, 0.05) is 12.8 Å². The normalized spacial score (nSPS) is 14.2. The molecule has 0 saturated heterocycles. The Hall–Kier alpha value is -1.77. The van der Waals surface area contributed by atoms with Crippen LogP contribution in [0.2, 0.25) is 0 Å². The molecule has 0 saturated carbocycles. The van der Waals surface area contributed by atoms with Crippen molar-refractivity contribution in [1.82, 2.24) is 5.32 Å². The fraction of sp³-hybridized carbons (Fsp3) is 0.852. The summed E-state index contributed by atoms with van der Waals surface area (Å²) in [5.74, 6) is -0.510. The lowest BCUT2D eigenvalue weighted by Gasteiger charge is -2.27. The molecule has 0 aromatic carbocycles. The molecule has 10 heteroatoms. The zero-order chi connectivity index (χ0) is 47.3. The number of phosphoric ester groups is 1. The Morgan fingerprint density at radius 2 is 1.00 bits per heavy atom. The molecule has 0 spiro atoms. The molecule has 2 N–H and O–H groups in total. The minimum atomic E-state index is -4.43. The van der Waals surface area contributed by atoms with Crippen LogP contribution in [0.5, 0.6) is 0 Å². The van der Waals surface area contributed by atoms with E-state index in [1.807, 2.05) is 33.3 Å². The number of phosphoric acid groups is 1. The highest BCUT2D eigenvalue weighted by atomic mass is 31.2. The lowest BCUT2D eigenvalue weighted by Crippen LogP contribution is -2.47. The van der Waals surface area contributed by atoms with Gasteiger partial charge in [-0.3, -0.25) is 18.6 Å². The molecular formula is C54H104N2O7P+. The number of hydrogen-bond acceptors (Lipinski definition) is 6. The monoisotopic (exact) mass is 924 g/mol. The topological polar surface area (TPSA) is 111 Å². The summed E-state index contributed by atoms with van der Waals surface area (Å²) in [5, 5.41) is 3.04. The van der Waals surface area contributed by atoms with Gasteiger partial charge < -0.3 is 19.4 Å². The Morgan fingerprint density at radius 3 is 1.48 bits per heavy atom. The first-order valence-corrected chi connectivity index (χ1v) is 28.3. The molecule has 0 bridgehead atoms. The van der Waals surface area contributed by atoms with E-state index in [0.717, 1.165) is 83.5 Å². The van der Waals surface area contributed by atoms with E-state index < -0.39 is 20.0 Å². The van der Waals surface area contributed by atoms with Gasteiger partial charge in [-0.1, -0.05) is 212 Å². The van der Waals surface area contributed by atoms with Crippen LogP contribution in [0.3, 0.4) is 0 Å². The summed E-state index contributed by atoms with van der Waals surface area (Å²) in [7, 11) is 1.50. The molecule has 3 unspecified atom stereocenters. The lowest BCUT2D eigenvalue weighted by atomic mass is 10.0. The summed E-state index contributed by atoms with van der Waals surface area (Å²) < 4.78 is 30.5. The maximum absolute atomic E-state index is 13.4. The predicted molar refractivity (Wildman–Crippen MR) is 272 cm³/mol. The van der Waals surface area contributed by atoms with Crippen molar-refractivity contribution in [3.63, 3.8) is 0 Å². The van der Waals surface area contributed by atoms with E-state index in [1.165, 1.54) is 128 Å². The predicted octanol–water partition coefficient (Wildman–Crippen LogP) is 15.6. The fourth-order valence-corrected chi connectivity index (χ4v) is 8.42. The SMILES string of the molecule is CC/C=C/C/C=C/CCCCCCCCCC(=O)OC(/C=C/CCCCCCCCCCCCC)C(COP(=O)(O)OCC[N+](C)(C)C)NC(=O)CCCCCCCCCCCCC. The minimum Gasteiger partial charge on any atom is -0.456 e. The molecular weight excluding hydrogens is 820 g/mol. The zero-order valence-electron chi connectivity index (χ0n) is 42.8. The summed E-state index contributed by atoms with van der Waals surface area (Å²) in [6.07, 6.45) is 51.3. The molecule has 3 atom stereocenters. The first kappa shape index (κ1) is 62.2. The number of ether oxygens (including phenoxy) is 1. The van der Waals surface area contributed by atoms with Crippen LogP contribution in [0.25, 0.3) is 0 Å². The average Bonchev–Trinajstić information content (AvgIpc) is 3.25. The van der Waals surface area contributed by atoms with Crippen LogP contribution in [0.4, 0.5) is 0 Å². The van der Waals surface area contributed by atoms with E-state index in [4.69, 9.17) is 13.8 Å². The molecule has 0 aromatic rings. The van der Waals surface area contributed by atoms with E-state index in [9.17, 15) is 19.0 Å². The molecule has 0 aromatic heterocycles. The number of carbonyl (C=O) groups is 2. The average molecular weight is 924 g/mol. The van der Waals surface area contributed by atoms with Crippen molar-refractivity contribution in [1.29, 1.82) is 0 Å². The van der Waals surface area contributed by atoms with Crippen LogP contribution < -0.4 is 5.32 Å². The van der Waals surface area contributed by atoms with Crippen LogP contribution in [-0.2, 0) is 27.9 Å².